The van der Waals surface area contributed by atoms with Gasteiger partial charge in [-0.25, -0.2) is 0 Å². The van der Waals surface area contributed by atoms with Crippen LogP contribution in [0.15, 0.2) is 17.5 Å². The lowest BCUT2D eigenvalue weighted by atomic mass is 9.82. The van der Waals surface area contributed by atoms with Gasteiger partial charge in [-0.3, -0.25) is 0 Å². The normalized spacial score (nSPS) is 27.4. The lowest BCUT2D eigenvalue weighted by molar-refractivity contribution is -0.0793. The molecule has 2 heterocycles. The molecule has 2 rings (SSSR count). The Morgan fingerprint density at radius 2 is 2.00 bits per heavy atom. The van der Waals surface area contributed by atoms with Crippen LogP contribution in [0.5, 0.6) is 0 Å². The summed E-state index contributed by atoms with van der Waals surface area (Å²) in [6, 6.07) is 4.73. The molecule has 1 N–H and O–H groups in total. The SMILES string of the molecule is CCNC1C(CN(C)Cc2cccs2)C(C)(C)OC1(C)C. The Balaban J connectivity index is 2.07. The van der Waals surface area contributed by atoms with Gasteiger partial charge in [0, 0.05) is 29.9 Å². The number of thiophene rings is 1. The van der Waals surface area contributed by atoms with E-state index in [0.29, 0.717) is 12.0 Å². The minimum absolute atomic E-state index is 0.0972. The molecule has 0 amide bonds. The van der Waals surface area contributed by atoms with Crippen molar-refractivity contribution < 1.29 is 4.74 Å². The molecule has 0 spiro atoms. The minimum Gasteiger partial charge on any atom is -0.368 e. The first-order valence-corrected chi connectivity index (χ1v) is 8.78. The highest BCUT2D eigenvalue weighted by Gasteiger charge is 2.53. The molecule has 2 unspecified atom stereocenters. The van der Waals surface area contributed by atoms with E-state index in [1.54, 1.807) is 0 Å². The van der Waals surface area contributed by atoms with Gasteiger partial charge < -0.3 is 15.0 Å². The monoisotopic (exact) mass is 310 g/mol. The Bertz CT molecular complexity index is 442. The predicted molar refractivity (Wildman–Crippen MR) is 90.9 cm³/mol. The van der Waals surface area contributed by atoms with E-state index < -0.39 is 0 Å². The zero-order valence-corrected chi connectivity index (χ0v) is 15.1. The van der Waals surface area contributed by atoms with Gasteiger partial charge in [-0.2, -0.15) is 0 Å². The van der Waals surface area contributed by atoms with Crippen LogP contribution in [0, 0.1) is 5.92 Å². The fourth-order valence-corrected chi connectivity index (χ4v) is 4.49. The number of nitrogens with zero attached hydrogens (tertiary/aromatic N) is 1. The van der Waals surface area contributed by atoms with Gasteiger partial charge in [0.15, 0.2) is 0 Å². The summed E-state index contributed by atoms with van der Waals surface area (Å²) < 4.78 is 6.36. The smallest absolute Gasteiger partial charge is 0.0790 e. The molecule has 3 nitrogen and oxygen atoms in total. The van der Waals surface area contributed by atoms with Crippen LogP contribution in [0.3, 0.4) is 0 Å². The molecule has 0 bridgehead atoms. The van der Waals surface area contributed by atoms with Gasteiger partial charge in [-0.1, -0.05) is 13.0 Å². The summed E-state index contributed by atoms with van der Waals surface area (Å²) in [7, 11) is 2.21. The van der Waals surface area contributed by atoms with Crippen molar-refractivity contribution in [1.29, 1.82) is 0 Å². The molecule has 2 atom stereocenters. The summed E-state index contributed by atoms with van der Waals surface area (Å²) in [6.07, 6.45) is 0. The highest BCUT2D eigenvalue weighted by molar-refractivity contribution is 7.09. The fraction of sp³-hybridized carbons (Fsp3) is 0.765. The third-order valence-electron chi connectivity index (χ3n) is 4.51. The van der Waals surface area contributed by atoms with Gasteiger partial charge in [0.25, 0.3) is 0 Å². The van der Waals surface area contributed by atoms with Crippen LogP contribution >= 0.6 is 11.3 Å². The maximum atomic E-state index is 6.36. The maximum Gasteiger partial charge on any atom is 0.0790 e. The fourth-order valence-electron chi connectivity index (χ4n) is 3.71. The van der Waals surface area contributed by atoms with Crippen molar-refractivity contribution in [2.75, 3.05) is 20.1 Å². The van der Waals surface area contributed by atoms with Crippen LogP contribution < -0.4 is 5.32 Å². The van der Waals surface area contributed by atoms with E-state index in [2.05, 4.69) is 69.4 Å². The topological polar surface area (TPSA) is 24.5 Å². The van der Waals surface area contributed by atoms with Crippen LogP contribution in [0.1, 0.15) is 39.5 Å². The summed E-state index contributed by atoms with van der Waals surface area (Å²) >= 11 is 1.83. The molecule has 21 heavy (non-hydrogen) atoms. The number of nitrogens with one attached hydrogen (secondary N) is 1. The van der Waals surface area contributed by atoms with Gasteiger partial charge in [-0.15, -0.1) is 11.3 Å². The zero-order valence-electron chi connectivity index (χ0n) is 14.3. The van der Waals surface area contributed by atoms with Crippen LogP contribution in [0.2, 0.25) is 0 Å². The van der Waals surface area contributed by atoms with Gasteiger partial charge in [-0.05, 0) is 52.7 Å². The van der Waals surface area contributed by atoms with Crippen molar-refractivity contribution in [2.45, 2.75) is 58.4 Å². The molecule has 1 aromatic rings. The van der Waals surface area contributed by atoms with E-state index in [1.807, 2.05) is 11.3 Å². The van der Waals surface area contributed by atoms with Crippen LogP contribution in [0.4, 0.5) is 0 Å². The Hall–Kier alpha value is -0.420. The Kier molecular flexibility index (Phi) is 5.14. The molecule has 120 valence electrons. The van der Waals surface area contributed by atoms with Crippen molar-refractivity contribution in [3.05, 3.63) is 22.4 Å². The van der Waals surface area contributed by atoms with Crippen LogP contribution in [-0.2, 0) is 11.3 Å². The number of hydrogen-bond donors (Lipinski definition) is 1. The van der Waals surface area contributed by atoms with E-state index in [4.69, 9.17) is 4.74 Å². The van der Waals surface area contributed by atoms with Gasteiger partial charge in [0.05, 0.1) is 11.2 Å². The van der Waals surface area contributed by atoms with Crippen molar-refractivity contribution in [1.82, 2.24) is 10.2 Å². The second kappa shape index (κ2) is 6.37. The van der Waals surface area contributed by atoms with E-state index in [1.165, 1.54) is 4.88 Å². The molecule has 0 aromatic carbocycles. The standard InChI is InChI=1S/C17H30N2OS/c1-7-18-15-14(16(2,3)20-17(15,4)5)12-19(6)11-13-9-8-10-21-13/h8-10,14-15,18H,7,11-12H2,1-6H3. The number of rotatable bonds is 6. The lowest BCUT2D eigenvalue weighted by Gasteiger charge is -2.33. The molecule has 4 heteroatoms. The van der Waals surface area contributed by atoms with Gasteiger partial charge in [0.1, 0.15) is 0 Å². The summed E-state index contributed by atoms with van der Waals surface area (Å²) in [6.45, 7) is 14.1. The second-order valence-corrected chi connectivity index (χ2v) is 8.26. The molecular weight excluding hydrogens is 280 g/mol. The van der Waals surface area contributed by atoms with Crippen molar-refractivity contribution in [3.63, 3.8) is 0 Å². The Morgan fingerprint density at radius 1 is 1.29 bits per heavy atom. The lowest BCUT2D eigenvalue weighted by Crippen LogP contribution is -2.50. The van der Waals surface area contributed by atoms with Crippen LogP contribution in [-0.4, -0.2) is 42.3 Å². The van der Waals surface area contributed by atoms with E-state index in [-0.39, 0.29) is 11.2 Å². The first-order chi connectivity index (χ1) is 9.76. The van der Waals surface area contributed by atoms with Gasteiger partial charge >= 0.3 is 0 Å². The molecule has 0 saturated carbocycles. The Labute approximate surface area is 133 Å². The van der Waals surface area contributed by atoms with Crippen LogP contribution in [0.25, 0.3) is 0 Å². The minimum atomic E-state index is -0.117. The molecule has 1 aliphatic heterocycles. The Morgan fingerprint density at radius 3 is 2.57 bits per heavy atom. The quantitative estimate of drug-likeness (QED) is 0.872. The van der Waals surface area contributed by atoms with Gasteiger partial charge in [0.2, 0.25) is 0 Å². The van der Waals surface area contributed by atoms with Crippen molar-refractivity contribution in [2.24, 2.45) is 5.92 Å². The predicted octanol–water partition coefficient (Wildman–Crippen LogP) is 3.36. The van der Waals surface area contributed by atoms with Crippen molar-refractivity contribution >= 4 is 11.3 Å². The number of hydrogen-bond acceptors (Lipinski definition) is 4. The zero-order chi connectivity index (χ0) is 15.7. The van der Waals surface area contributed by atoms with Crippen molar-refractivity contribution in [3.8, 4) is 0 Å². The largest absolute Gasteiger partial charge is 0.368 e. The second-order valence-electron chi connectivity index (χ2n) is 7.23. The first kappa shape index (κ1) is 16.9. The third-order valence-corrected chi connectivity index (χ3v) is 5.37. The molecule has 1 aromatic heterocycles. The number of likely N-dealkylation sites (N-methyl/N-ethyl adjacent to an activating group) is 1. The third kappa shape index (κ3) is 3.86. The summed E-state index contributed by atoms with van der Waals surface area (Å²) in [5, 5.41) is 5.80. The summed E-state index contributed by atoms with van der Waals surface area (Å²) in [5.41, 5.74) is -0.214. The highest BCUT2D eigenvalue weighted by Crippen LogP contribution is 2.42. The van der Waals surface area contributed by atoms with E-state index >= 15 is 0 Å². The average Bonchev–Trinajstić information content (AvgIpc) is 2.89. The maximum absolute atomic E-state index is 6.36. The summed E-state index contributed by atoms with van der Waals surface area (Å²) in [4.78, 5) is 3.85. The molecule has 1 saturated heterocycles. The molecular formula is C17H30N2OS. The average molecular weight is 311 g/mol. The van der Waals surface area contributed by atoms with E-state index in [0.717, 1.165) is 19.6 Å². The number of ether oxygens (including phenoxy) is 1. The molecule has 1 aliphatic rings. The summed E-state index contributed by atoms with van der Waals surface area (Å²) in [5.74, 6) is 0.484. The molecule has 0 radical (unpaired) electrons. The molecule has 0 aliphatic carbocycles. The highest BCUT2D eigenvalue weighted by atomic mass is 32.1. The first-order valence-electron chi connectivity index (χ1n) is 7.90. The molecule has 1 fully saturated rings. The van der Waals surface area contributed by atoms with E-state index in [9.17, 15) is 0 Å².